The van der Waals surface area contributed by atoms with E-state index in [-0.39, 0.29) is 17.4 Å². The van der Waals surface area contributed by atoms with E-state index in [1.807, 2.05) is 12.1 Å². The quantitative estimate of drug-likeness (QED) is 0.439. The van der Waals surface area contributed by atoms with Gasteiger partial charge in [0.15, 0.2) is 5.82 Å². The number of hydrogen-bond acceptors (Lipinski definition) is 5. The van der Waals surface area contributed by atoms with Crippen LogP contribution in [0.5, 0.6) is 0 Å². The normalized spacial score (nSPS) is 17.6. The Balaban J connectivity index is 0.000000479. The number of anilines is 1. The number of nitrogens with one attached hydrogen (secondary N) is 3. The molecule has 0 spiro atoms. The maximum absolute atomic E-state index is 12.7. The highest BCUT2D eigenvalue weighted by molar-refractivity contribution is 6.03. The van der Waals surface area contributed by atoms with Gasteiger partial charge in [-0.2, -0.15) is 18.4 Å². The second-order valence-corrected chi connectivity index (χ2v) is 9.94. The summed E-state index contributed by atoms with van der Waals surface area (Å²) in [5.41, 5.74) is 5.17. The molecular formula is C26H30F3N5O3. The third-order valence-corrected chi connectivity index (χ3v) is 6.57. The number of hydrogen-bond donors (Lipinski definition) is 4. The summed E-state index contributed by atoms with van der Waals surface area (Å²) in [6.07, 6.45) is 4.08. The van der Waals surface area contributed by atoms with E-state index in [9.17, 15) is 18.0 Å². The first-order valence-corrected chi connectivity index (χ1v) is 12.0. The third-order valence-electron chi connectivity index (χ3n) is 6.57. The number of carbonyl (C=O) groups is 2. The van der Waals surface area contributed by atoms with Crippen LogP contribution in [0.15, 0.2) is 30.5 Å². The summed E-state index contributed by atoms with van der Waals surface area (Å²) in [6.45, 7) is 6.71. The average molecular weight is 518 g/mol. The zero-order valence-electron chi connectivity index (χ0n) is 20.7. The van der Waals surface area contributed by atoms with Gasteiger partial charge in [0, 0.05) is 11.3 Å². The van der Waals surface area contributed by atoms with E-state index in [2.05, 4.69) is 52.7 Å². The predicted molar refractivity (Wildman–Crippen MR) is 132 cm³/mol. The van der Waals surface area contributed by atoms with Gasteiger partial charge >= 0.3 is 12.1 Å². The molecule has 2 heterocycles. The van der Waals surface area contributed by atoms with Crippen molar-refractivity contribution in [2.24, 2.45) is 5.41 Å². The lowest BCUT2D eigenvalue weighted by molar-refractivity contribution is -0.192. The number of nitrogens with zero attached hydrogens (tertiary/aromatic N) is 2. The summed E-state index contributed by atoms with van der Waals surface area (Å²) in [4.78, 5) is 28.4. The number of allylic oxidation sites excluding steroid dienone is 2. The fourth-order valence-electron chi connectivity index (χ4n) is 4.34. The minimum Gasteiger partial charge on any atom is -0.475 e. The first kappa shape index (κ1) is 27.9. The van der Waals surface area contributed by atoms with Crippen LogP contribution in [0.2, 0.25) is 0 Å². The molecule has 4 rings (SSSR count). The van der Waals surface area contributed by atoms with Crippen LogP contribution < -0.4 is 10.6 Å². The third kappa shape index (κ3) is 7.67. The minimum atomic E-state index is -5.08. The van der Waals surface area contributed by atoms with Crippen LogP contribution in [-0.2, 0) is 4.79 Å². The van der Waals surface area contributed by atoms with Crippen molar-refractivity contribution < 1.29 is 27.9 Å². The molecule has 0 unspecified atom stereocenters. The lowest BCUT2D eigenvalue weighted by atomic mass is 9.76. The average Bonchev–Trinajstić information content (AvgIpc) is 3.34. The maximum atomic E-state index is 12.7. The van der Waals surface area contributed by atoms with Crippen LogP contribution in [0.4, 0.5) is 18.9 Å². The number of aliphatic carboxylic acids is 1. The number of nitriles is 1. The molecule has 1 fully saturated rings. The summed E-state index contributed by atoms with van der Waals surface area (Å²) in [5, 5.41) is 22.5. The summed E-state index contributed by atoms with van der Waals surface area (Å²) >= 11 is 0. The Morgan fingerprint density at radius 3 is 2.46 bits per heavy atom. The molecule has 198 valence electrons. The van der Waals surface area contributed by atoms with Crippen molar-refractivity contribution in [2.45, 2.75) is 58.0 Å². The Labute approximate surface area is 213 Å². The smallest absolute Gasteiger partial charge is 0.475 e. The number of piperidine rings is 1. The van der Waals surface area contributed by atoms with E-state index in [4.69, 9.17) is 15.2 Å². The van der Waals surface area contributed by atoms with E-state index in [0.29, 0.717) is 11.3 Å². The van der Waals surface area contributed by atoms with Crippen LogP contribution >= 0.6 is 0 Å². The van der Waals surface area contributed by atoms with Gasteiger partial charge in [-0.1, -0.05) is 26.0 Å². The van der Waals surface area contributed by atoms with Crippen molar-refractivity contribution in [3.05, 3.63) is 53.1 Å². The molecule has 1 saturated heterocycles. The van der Waals surface area contributed by atoms with Gasteiger partial charge < -0.3 is 20.7 Å². The first-order valence-electron chi connectivity index (χ1n) is 12.0. The molecule has 0 radical (unpaired) electrons. The summed E-state index contributed by atoms with van der Waals surface area (Å²) in [5.74, 6) is -2.38. The Hall–Kier alpha value is -3.65. The molecule has 0 bridgehead atoms. The van der Waals surface area contributed by atoms with Crippen molar-refractivity contribution in [3.63, 3.8) is 0 Å². The number of carboxylic acid groups (broad SMARTS) is 1. The van der Waals surface area contributed by atoms with Gasteiger partial charge in [0.25, 0.3) is 5.91 Å². The monoisotopic (exact) mass is 517 g/mol. The molecule has 1 aliphatic carbocycles. The first-order chi connectivity index (χ1) is 17.4. The minimum absolute atomic E-state index is 0.152. The molecule has 4 N–H and O–H groups in total. The van der Waals surface area contributed by atoms with Crippen LogP contribution in [0.25, 0.3) is 5.57 Å². The standard InChI is InChI=1S/C24H29N5O.C2HF3O2/c1-24(2)9-5-17(6-10-24)20-13-18(16-7-11-26-12-8-16)3-4-21(20)29-23(30)22-27-15-19(14-25)28-22;3-2(4,5)1(6)7/h3-5,13,15-16,26H,6-12H2,1-2H3,(H,27,28)(H,29,30);(H,6,7). The highest BCUT2D eigenvalue weighted by atomic mass is 19.4. The molecule has 1 aromatic heterocycles. The fourth-order valence-corrected chi connectivity index (χ4v) is 4.34. The number of amides is 1. The number of carboxylic acids is 1. The molecule has 8 nitrogen and oxygen atoms in total. The number of benzene rings is 1. The van der Waals surface area contributed by atoms with Crippen molar-refractivity contribution in [2.75, 3.05) is 18.4 Å². The fraction of sp³-hybridized carbons (Fsp3) is 0.462. The van der Waals surface area contributed by atoms with E-state index >= 15 is 0 Å². The largest absolute Gasteiger partial charge is 0.490 e. The van der Waals surface area contributed by atoms with Gasteiger partial charge in [-0.25, -0.2) is 9.78 Å². The molecule has 2 aromatic rings. The zero-order chi connectivity index (χ0) is 27.2. The van der Waals surface area contributed by atoms with Crippen LogP contribution in [0, 0.1) is 16.7 Å². The van der Waals surface area contributed by atoms with E-state index < -0.39 is 12.1 Å². The SMILES string of the molecule is CC1(C)CC=C(c2cc(C3CCNCC3)ccc2NC(=O)c2ncc(C#N)[nH]2)CC1.O=C(O)C(F)(F)F. The number of rotatable bonds is 4. The molecule has 0 saturated carbocycles. The second-order valence-electron chi connectivity index (χ2n) is 9.94. The number of halogens is 3. The van der Waals surface area contributed by atoms with Gasteiger partial charge in [-0.05, 0) is 79.8 Å². The Morgan fingerprint density at radius 2 is 1.92 bits per heavy atom. The van der Waals surface area contributed by atoms with Crippen molar-refractivity contribution in [1.82, 2.24) is 15.3 Å². The summed E-state index contributed by atoms with van der Waals surface area (Å²) < 4.78 is 31.7. The van der Waals surface area contributed by atoms with E-state index in [1.54, 1.807) is 0 Å². The van der Waals surface area contributed by atoms with Crippen molar-refractivity contribution in [3.8, 4) is 6.07 Å². The molecular weight excluding hydrogens is 487 g/mol. The molecule has 0 atom stereocenters. The second kappa shape index (κ2) is 11.6. The molecule has 1 aromatic carbocycles. The molecule has 2 aliphatic rings. The Morgan fingerprint density at radius 1 is 1.24 bits per heavy atom. The zero-order valence-corrected chi connectivity index (χ0v) is 20.7. The summed E-state index contributed by atoms with van der Waals surface area (Å²) in [6, 6.07) is 8.42. The van der Waals surface area contributed by atoms with Gasteiger partial charge in [0.05, 0.1) is 6.20 Å². The lowest BCUT2D eigenvalue weighted by Crippen LogP contribution is -2.26. The summed E-state index contributed by atoms with van der Waals surface area (Å²) in [7, 11) is 0. The number of imidazole rings is 1. The molecule has 1 aliphatic heterocycles. The number of H-pyrrole nitrogens is 1. The van der Waals surface area contributed by atoms with Crippen LogP contribution in [-0.4, -0.2) is 46.2 Å². The predicted octanol–water partition coefficient (Wildman–Crippen LogP) is 5.23. The topological polar surface area (TPSA) is 131 Å². The number of carbonyl (C=O) groups excluding carboxylic acids is 1. The lowest BCUT2D eigenvalue weighted by Gasteiger charge is -2.30. The van der Waals surface area contributed by atoms with Gasteiger partial charge in [0.2, 0.25) is 0 Å². The van der Waals surface area contributed by atoms with Crippen molar-refractivity contribution in [1.29, 1.82) is 5.26 Å². The molecule has 37 heavy (non-hydrogen) atoms. The van der Waals surface area contributed by atoms with Crippen LogP contribution in [0.3, 0.4) is 0 Å². The van der Waals surface area contributed by atoms with Gasteiger partial charge in [-0.15, -0.1) is 0 Å². The molecule has 11 heteroatoms. The Kier molecular flexibility index (Phi) is 8.76. The van der Waals surface area contributed by atoms with Crippen LogP contribution in [0.1, 0.15) is 79.3 Å². The van der Waals surface area contributed by atoms with Gasteiger partial charge in [-0.3, -0.25) is 4.79 Å². The number of aromatic nitrogens is 2. The van der Waals surface area contributed by atoms with Crippen molar-refractivity contribution >= 4 is 23.1 Å². The molecule has 1 amide bonds. The van der Waals surface area contributed by atoms with Gasteiger partial charge in [0.1, 0.15) is 11.8 Å². The van der Waals surface area contributed by atoms with E-state index in [1.165, 1.54) is 17.3 Å². The highest BCUT2D eigenvalue weighted by Gasteiger charge is 2.38. The number of alkyl halides is 3. The maximum Gasteiger partial charge on any atom is 0.490 e. The highest BCUT2D eigenvalue weighted by Crippen LogP contribution is 2.41. The van der Waals surface area contributed by atoms with E-state index in [0.717, 1.165) is 56.4 Å². The number of aromatic amines is 1. The Bertz CT molecular complexity index is 1200.